The van der Waals surface area contributed by atoms with Crippen LogP contribution in [0.15, 0.2) is 24.3 Å². The van der Waals surface area contributed by atoms with E-state index in [4.69, 9.17) is 5.11 Å². The maximum Gasteiger partial charge on any atom is 0.335 e. The molecule has 2 atom stereocenters. The van der Waals surface area contributed by atoms with Gasteiger partial charge in [-0.05, 0) is 37.0 Å². The molecule has 92 valence electrons. The third-order valence-corrected chi connectivity index (χ3v) is 3.50. The Morgan fingerprint density at radius 2 is 2.00 bits per heavy atom. The number of aromatic carboxylic acids is 1. The van der Waals surface area contributed by atoms with E-state index in [0.29, 0.717) is 11.6 Å². The summed E-state index contributed by atoms with van der Waals surface area (Å²) in [7, 11) is 0. The van der Waals surface area contributed by atoms with E-state index in [1.54, 1.807) is 12.1 Å². The first kappa shape index (κ1) is 12.1. The number of carboxylic acids is 1. The molecule has 1 aliphatic rings. The van der Waals surface area contributed by atoms with Crippen LogP contribution in [0.3, 0.4) is 0 Å². The first-order valence-electron chi connectivity index (χ1n) is 6.12. The second-order valence-electron chi connectivity index (χ2n) is 5.12. The average Bonchev–Trinajstić information content (AvgIpc) is 2.58. The lowest BCUT2D eigenvalue weighted by atomic mass is 10.1. The van der Waals surface area contributed by atoms with Gasteiger partial charge in [-0.15, -0.1) is 0 Å². The van der Waals surface area contributed by atoms with Crippen LogP contribution < -0.4 is 0 Å². The molecule has 1 aromatic carbocycles. The molecule has 1 aromatic rings. The van der Waals surface area contributed by atoms with Gasteiger partial charge in [0.25, 0.3) is 0 Å². The monoisotopic (exact) mass is 233 g/mol. The smallest absolute Gasteiger partial charge is 0.335 e. The SMILES string of the molecule is CC1CC(C)N(Cc2ccc(C(=O)O)cc2)C1. The fourth-order valence-electron chi connectivity index (χ4n) is 2.59. The number of nitrogens with zero attached hydrogens (tertiary/aromatic N) is 1. The van der Waals surface area contributed by atoms with Crippen LogP contribution in [0.2, 0.25) is 0 Å². The molecule has 1 fully saturated rings. The van der Waals surface area contributed by atoms with Crippen molar-refractivity contribution in [1.82, 2.24) is 4.90 Å². The predicted molar refractivity (Wildman–Crippen MR) is 67.1 cm³/mol. The minimum Gasteiger partial charge on any atom is -0.478 e. The van der Waals surface area contributed by atoms with E-state index in [1.165, 1.54) is 12.0 Å². The molecule has 2 rings (SSSR count). The van der Waals surface area contributed by atoms with Crippen molar-refractivity contribution >= 4 is 5.97 Å². The van der Waals surface area contributed by atoms with E-state index in [0.717, 1.165) is 19.0 Å². The summed E-state index contributed by atoms with van der Waals surface area (Å²) in [4.78, 5) is 13.2. The lowest BCUT2D eigenvalue weighted by Gasteiger charge is -2.20. The molecule has 1 aliphatic heterocycles. The molecule has 0 aliphatic carbocycles. The molecule has 0 spiro atoms. The van der Waals surface area contributed by atoms with Crippen LogP contribution in [0.25, 0.3) is 0 Å². The summed E-state index contributed by atoms with van der Waals surface area (Å²) < 4.78 is 0. The highest BCUT2D eigenvalue weighted by Gasteiger charge is 2.25. The maximum atomic E-state index is 10.7. The van der Waals surface area contributed by atoms with Crippen LogP contribution >= 0.6 is 0 Å². The van der Waals surface area contributed by atoms with Crippen molar-refractivity contribution in [1.29, 1.82) is 0 Å². The summed E-state index contributed by atoms with van der Waals surface area (Å²) >= 11 is 0. The molecule has 3 nitrogen and oxygen atoms in total. The normalized spacial score (nSPS) is 25.1. The maximum absolute atomic E-state index is 10.7. The summed E-state index contributed by atoms with van der Waals surface area (Å²) in [6.07, 6.45) is 1.26. The molecule has 3 heteroatoms. The van der Waals surface area contributed by atoms with Crippen molar-refractivity contribution in [3.05, 3.63) is 35.4 Å². The third-order valence-electron chi connectivity index (χ3n) is 3.50. The molecular formula is C14H19NO2. The number of carboxylic acid groups (broad SMARTS) is 1. The van der Waals surface area contributed by atoms with E-state index >= 15 is 0 Å². The van der Waals surface area contributed by atoms with Crippen LogP contribution in [0.5, 0.6) is 0 Å². The Bertz CT molecular complexity index is 399. The highest BCUT2D eigenvalue weighted by Crippen LogP contribution is 2.24. The van der Waals surface area contributed by atoms with E-state index in [9.17, 15) is 4.79 Å². The van der Waals surface area contributed by atoms with Crippen molar-refractivity contribution in [3.8, 4) is 0 Å². The highest BCUT2D eigenvalue weighted by atomic mass is 16.4. The lowest BCUT2D eigenvalue weighted by molar-refractivity contribution is 0.0697. The van der Waals surface area contributed by atoms with Gasteiger partial charge in [-0.1, -0.05) is 19.1 Å². The molecule has 0 amide bonds. The van der Waals surface area contributed by atoms with Gasteiger partial charge in [0.2, 0.25) is 0 Å². The molecule has 2 unspecified atom stereocenters. The Morgan fingerprint density at radius 1 is 1.35 bits per heavy atom. The molecule has 0 radical (unpaired) electrons. The largest absolute Gasteiger partial charge is 0.478 e. The minimum atomic E-state index is -0.861. The van der Waals surface area contributed by atoms with Gasteiger partial charge in [0.1, 0.15) is 0 Å². The van der Waals surface area contributed by atoms with Gasteiger partial charge in [-0.3, -0.25) is 4.90 Å². The summed E-state index contributed by atoms with van der Waals surface area (Å²) in [5, 5.41) is 8.83. The van der Waals surface area contributed by atoms with Gasteiger partial charge >= 0.3 is 5.97 Å². The molecule has 17 heavy (non-hydrogen) atoms. The number of hydrogen-bond donors (Lipinski definition) is 1. The van der Waals surface area contributed by atoms with Crippen molar-refractivity contribution in [2.75, 3.05) is 6.54 Å². The molecule has 0 aromatic heterocycles. The van der Waals surface area contributed by atoms with Crippen molar-refractivity contribution in [2.24, 2.45) is 5.92 Å². The third kappa shape index (κ3) is 2.86. The average molecular weight is 233 g/mol. The quantitative estimate of drug-likeness (QED) is 0.872. The predicted octanol–water partition coefficient (Wildman–Crippen LogP) is 2.62. The number of carbonyl (C=O) groups is 1. The highest BCUT2D eigenvalue weighted by molar-refractivity contribution is 5.87. The van der Waals surface area contributed by atoms with Crippen LogP contribution in [-0.2, 0) is 6.54 Å². The molecule has 0 bridgehead atoms. The Kier molecular flexibility index (Phi) is 3.48. The lowest BCUT2D eigenvalue weighted by Crippen LogP contribution is -2.26. The fourth-order valence-corrected chi connectivity index (χ4v) is 2.59. The van der Waals surface area contributed by atoms with E-state index in [1.807, 2.05) is 12.1 Å². The second kappa shape index (κ2) is 4.88. The minimum absolute atomic E-state index is 0.358. The van der Waals surface area contributed by atoms with E-state index < -0.39 is 5.97 Å². The first-order valence-corrected chi connectivity index (χ1v) is 6.12. The number of benzene rings is 1. The van der Waals surface area contributed by atoms with Crippen LogP contribution in [0.4, 0.5) is 0 Å². The Hall–Kier alpha value is -1.35. The molecule has 1 heterocycles. The number of hydrogen-bond acceptors (Lipinski definition) is 2. The summed E-state index contributed by atoms with van der Waals surface area (Å²) in [5.74, 6) is -0.0944. The molecule has 1 N–H and O–H groups in total. The van der Waals surface area contributed by atoms with Crippen molar-refractivity contribution < 1.29 is 9.90 Å². The van der Waals surface area contributed by atoms with Crippen LogP contribution in [-0.4, -0.2) is 28.6 Å². The Balaban J connectivity index is 2.02. The van der Waals surface area contributed by atoms with Gasteiger partial charge in [-0.2, -0.15) is 0 Å². The molecular weight excluding hydrogens is 214 g/mol. The van der Waals surface area contributed by atoms with Gasteiger partial charge in [0.05, 0.1) is 5.56 Å². The zero-order valence-electron chi connectivity index (χ0n) is 10.4. The van der Waals surface area contributed by atoms with Crippen molar-refractivity contribution in [2.45, 2.75) is 32.9 Å². The van der Waals surface area contributed by atoms with Crippen LogP contribution in [0.1, 0.15) is 36.2 Å². The number of rotatable bonds is 3. The second-order valence-corrected chi connectivity index (χ2v) is 5.12. The summed E-state index contributed by atoms with van der Waals surface area (Å²) in [6, 6.07) is 7.83. The van der Waals surface area contributed by atoms with Crippen molar-refractivity contribution in [3.63, 3.8) is 0 Å². The zero-order valence-corrected chi connectivity index (χ0v) is 10.4. The summed E-state index contributed by atoms with van der Waals surface area (Å²) in [5.41, 5.74) is 1.55. The standard InChI is InChI=1S/C14H19NO2/c1-10-7-11(2)15(8-10)9-12-3-5-13(6-4-12)14(16)17/h3-6,10-11H,7-9H2,1-2H3,(H,16,17). The topological polar surface area (TPSA) is 40.5 Å². The summed E-state index contributed by atoms with van der Waals surface area (Å²) in [6.45, 7) is 6.60. The van der Waals surface area contributed by atoms with E-state index in [2.05, 4.69) is 18.7 Å². The Labute approximate surface area is 102 Å². The van der Waals surface area contributed by atoms with Gasteiger partial charge in [-0.25, -0.2) is 4.79 Å². The van der Waals surface area contributed by atoms with Crippen LogP contribution in [0, 0.1) is 5.92 Å². The van der Waals surface area contributed by atoms with Gasteiger partial charge < -0.3 is 5.11 Å². The number of likely N-dealkylation sites (tertiary alicyclic amines) is 1. The van der Waals surface area contributed by atoms with Gasteiger partial charge in [0.15, 0.2) is 0 Å². The zero-order chi connectivity index (χ0) is 12.4. The van der Waals surface area contributed by atoms with E-state index in [-0.39, 0.29) is 0 Å². The molecule has 0 saturated carbocycles. The molecule has 1 saturated heterocycles. The fraction of sp³-hybridized carbons (Fsp3) is 0.500. The Morgan fingerprint density at radius 3 is 2.47 bits per heavy atom. The first-order chi connectivity index (χ1) is 8.06. The van der Waals surface area contributed by atoms with Gasteiger partial charge in [0, 0.05) is 19.1 Å².